The van der Waals surface area contributed by atoms with E-state index < -0.39 is 11.9 Å². The molecular formula is C13H19N3O3. The topological polar surface area (TPSA) is 98.6 Å². The van der Waals surface area contributed by atoms with Crippen LogP contribution in [-0.2, 0) is 9.53 Å². The van der Waals surface area contributed by atoms with Crippen LogP contribution in [0.3, 0.4) is 0 Å². The molecule has 0 bridgehead atoms. The van der Waals surface area contributed by atoms with Gasteiger partial charge in [0.1, 0.15) is 0 Å². The zero-order valence-electron chi connectivity index (χ0n) is 11.3. The molecule has 0 spiro atoms. The molecular weight excluding hydrogens is 246 g/mol. The third-order valence-corrected chi connectivity index (χ3v) is 2.75. The number of methoxy groups -OCH3 is 1. The van der Waals surface area contributed by atoms with Crippen LogP contribution in [0.4, 0.5) is 11.4 Å². The van der Waals surface area contributed by atoms with Crippen LogP contribution in [0.2, 0.25) is 0 Å². The Labute approximate surface area is 112 Å². The lowest BCUT2D eigenvalue weighted by atomic mass is 10.1. The van der Waals surface area contributed by atoms with Crippen LogP contribution in [0.15, 0.2) is 18.2 Å². The largest absolute Gasteiger partial charge is 0.465 e. The van der Waals surface area contributed by atoms with Gasteiger partial charge >= 0.3 is 5.97 Å². The molecule has 6 nitrogen and oxygen atoms in total. The van der Waals surface area contributed by atoms with E-state index in [1.807, 2.05) is 13.8 Å². The smallest absolute Gasteiger partial charge is 0.340 e. The van der Waals surface area contributed by atoms with Gasteiger partial charge in [0.15, 0.2) is 0 Å². The van der Waals surface area contributed by atoms with Gasteiger partial charge in [-0.3, -0.25) is 4.79 Å². The summed E-state index contributed by atoms with van der Waals surface area (Å²) >= 11 is 0. The minimum Gasteiger partial charge on any atom is -0.465 e. The lowest BCUT2D eigenvalue weighted by Gasteiger charge is -2.29. The molecule has 0 heterocycles. The number of nitrogen functional groups attached to an aromatic ring is 1. The zero-order chi connectivity index (χ0) is 14.6. The molecule has 104 valence electrons. The summed E-state index contributed by atoms with van der Waals surface area (Å²) < 4.78 is 4.66. The van der Waals surface area contributed by atoms with Crippen LogP contribution in [0.25, 0.3) is 0 Å². The van der Waals surface area contributed by atoms with Crippen LogP contribution in [0.5, 0.6) is 0 Å². The molecule has 0 radical (unpaired) electrons. The fourth-order valence-electron chi connectivity index (χ4n) is 1.81. The van der Waals surface area contributed by atoms with Crippen molar-refractivity contribution in [1.82, 2.24) is 0 Å². The molecule has 1 rings (SSSR count). The number of carbonyl (C=O) groups excluding carboxylic acids is 2. The summed E-state index contributed by atoms with van der Waals surface area (Å²) in [5.41, 5.74) is 12.4. The van der Waals surface area contributed by atoms with Crippen molar-refractivity contribution in [3.63, 3.8) is 0 Å². The summed E-state index contributed by atoms with van der Waals surface area (Å²) in [5, 5.41) is 0. The van der Waals surface area contributed by atoms with Gasteiger partial charge in [-0.1, -0.05) is 6.07 Å². The number of rotatable bonds is 5. The number of benzene rings is 1. The second-order valence-electron chi connectivity index (χ2n) is 4.42. The Morgan fingerprint density at radius 1 is 1.37 bits per heavy atom. The van der Waals surface area contributed by atoms with Gasteiger partial charge in [0.2, 0.25) is 5.91 Å². The Morgan fingerprint density at radius 3 is 2.47 bits per heavy atom. The van der Waals surface area contributed by atoms with Crippen molar-refractivity contribution in [2.24, 2.45) is 5.73 Å². The van der Waals surface area contributed by atoms with Crippen molar-refractivity contribution in [3.8, 4) is 0 Å². The van der Waals surface area contributed by atoms with Crippen molar-refractivity contribution in [1.29, 1.82) is 0 Å². The number of para-hydroxylation sites is 1. The van der Waals surface area contributed by atoms with E-state index in [1.54, 1.807) is 23.1 Å². The normalized spacial score (nSPS) is 10.3. The summed E-state index contributed by atoms with van der Waals surface area (Å²) in [6.07, 6.45) is 0. The minimum atomic E-state index is -0.512. The molecule has 0 fully saturated rings. The number of ether oxygens (including phenoxy) is 1. The summed E-state index contributed by atoms with van der Waals surface area (Å²) in [6.45, 7) is 3.85. The lowest BCUT2D eigenvalue weighted by molar-refractivity contribution is -0.116. The van der Waals surface area contributed by atoms with Crippen molar-refractivity contribution in [3.05, 3.63) is 23.8 Å². The molecule has 0 aliphatic carbocycles. The van der Waals surface area contributed by atoms with E-state index in [0.29, 0.717) is 5.69 Å². The summed E-state index contributed by atoms with van der Waals surface area (Å²) in [6, 6.07) is 5.02. The lowest BCUT2D eigenvalue weighted by Crippen LogP contribution is -2.39. The number of esters is 1. The maximum atomic E-state index is 11.6. The maximum Gasteiger partial charge on any atom is 0.340 e. The van der Waals surface area contributed by atoms with Gasteiger partial charge in [0.05, 0.1) is 30.6 Å². The number of hydrogen-bond acceptors (Lipinski definition) is 5. The molecule has 1 aromatic rings. The molecule has 1 amide bonds. The second kappa shape index (κ2) is 6.08. The van der Waals surface area contributed by atoms with Crippen molar-refractivity contribution in [2.45, 2.75) is 19.9 Å². The highest BCUT2D eigenvalue weighted by Crippen LogP contribution is 2.28. The van der Waals surface area contributed by atoms with E-state index >= 15 is 0 Å². The molecule has 4 N–H and O–H groups in total. The number of anilines is 2. The van der Waals surface area contributed by atoms with Crippen LogP contribution in [0, 0.1) is 0 Å². The predicted octanol–water partition coefficient (Wildman–Crippen LogP) is 0.755. The Hall–Kier alpha value is -2.24. The molecule has 0 atom stereocenters. The summed E-state index contributed by atoms with van der Waals surface area (Å²) in [4.78, 5) is 24.5. The van der Waals surface area contributed by atoms with Gasteiger partial charge in [-0.05, 0) is 26.0 Å². The molecule has 19 heavy (non-hydrogen) atoms. The number of amides is 1. The first-order valence-electron chi connectivity index (χ1n) is 5.90. The SMILES string of the molecule is COC(=O)c1cccc(N(CC(N)=O)C(C)C)c1N. The maximum absolute atomic E-state index is 11.6. The minimum absolute atomic E-state index is 0.0164. The van der Waals surface area contributed by atoms with E-state index in [9.17, 15) is 9.59 Å². The van der Waals surface area contributed by atoms with Crippen LogP contribution < -0.4 is 16.4 Å². The van der Waals surface area contributed by atoms with Crippen molar-refractivity contribution >= 4 is 23.3 Å². The number of hydrogen-bond donors (Lipinski definition) is 2. The molecule has 1 aromatic carbocycles. The third-order valence-electron chi connectivity index (χ3n) is 2.75. The van der Waals surface area contributed by atoms with Gasteiger partial charge < -0.3 is 21.1 Å². The molecule has 0 saturated heterocycles. The molecule has 0 aliphatic rings. The zero-order valence-corrected chi connectivity index (χ0v) is 11.3. The van der Waals surface area contributed by atoms with E-state index in [-0.39, 0.29) is 23.8 Å². The molecule has 0 saturated carbocycles. The number of primary amides is 1. The molecule has 6 heteroatoms. The van der Waals surface area contributed by atoms with Crippen LogP contribution >= 0.6 is 0 Å². The third kappa shape index (κ3) is 3.37. The number of nitrogens with zero attached hydrogens (tertiary/aromatic N) is 1. The van der Waals surface area contributed by atoms with E-state index in [1.165, 1.54) is 7.11 Å². The molecule has 0 unspecified atom stereocenters. The van der Waals surface area contributed by atoms with E-state index in [4.69, 9.17) is 11.5 Å². The van der Waals surface area contributed by atoms with Gasteiger partial charge in [-0.2, -0.15) is 0 Å². The average Bonchev–Trinajstić information content (AvgIpc) is 2.35. The Morgan fingerprint density at radius 2 is 2.00 bits per heavy atom. The Balaban J connectivity index is 3.24. The summed E-state index contributed by atoms with van der Waals surface area (Å²) in [7, 11) is 1.29. The Bertz CT molecular complexity index is 486. The van der Waals surface area contributed by atoms with Gasteiger partial charge in [-0.25, -0.2) is 4.79 Å². The van der Waals surface area contributed by atoms with Crippen molar-refractivity contribution < 1.29 is 14.3 Å². The highest BCUT2D eigenvalue weighted by molar-refractivity contribution is 5.98. The standard InChI is InChI=1S/C13H19N3O3/c1-8(2)16(7-11(14)17)10-6-4-5-9(12(10)15)13(18)19-3/h4-6,8H,7,15H2,1-3H3,(H2,14,17). The monoisotopic (exact) mass is 265 g/mol. The second-order valence-corrected chi connectivity index (χ2v) is 4.42. The highest BCUT2D eigenvalue weighted by atomic mass is 16.5. The first-order chi connectivity index (χ1) is 8.88. The average molecular weight is 265 g/mol. The fourth-order valence-corrected chi connectivity index (χ4v) is 1.81. The van der Waals surface area contributed by atoms with Gasteiger partial charge in [0.25, 0.3) is 0 Å². The summed E-state index contributed by atoms with van der Waals surface area (Å²) in [5.74, 6) is -0.973. The van der Waals surface area contributed by atoms with E-state index in [2.05, 4.69) is 4.74 Å². The highest BCUT2D eigenvalue weighted by Gasteiger charge is 2.19. The number of carbonyl (C=O) groups is 2. The van der Waals surface area contributed by atoms with Crippen LogP contribution in [-0.4, -0.2) is 31.6 Å². The fraction of sp³-hybridized carbons (Fsp3) is 0.385. The van der Waals surface area contributed by atoms with Gasteiger partial charge in [-0.15, -0.1) is 0 Å². The van der Waals surface area contributed by atoms with Crippen LogP contribution in [0.1, 0.15) is 24.2 Å². The first-order valence-corrected chi connectivity index (χ1v) is 5.90. The Kier molecular flexibility index (Phi) is 4.74. The molecule has 0 aliphatic heterocycles. The van der Waals surface area contributed by atoms with Crippen molar-refractivity contribution in [2.75, 3.05) is 24.3 Å². The molecule has 0 aromatic heterocycles. The van der Waals surface area contributed by atoms with E-state index in [0.717, 1.165) is 0 Å². The first kappa shape index (κ1) is 14.8. The van der Waals surface area contributed by atoms with Gasteiger partial charge in [0, 0.05) is 6.04 Å². The number of nitrogens with two attached hydrogens (primary N) is 2. The predicted molar refractivity (Wildman–Crippen MR) is 73.9 cm³/mol. The quantitative estimate of drug-likeness (QED) is 0.604.